The fourth-order valence-corrected chi connectivity index (χ4v) is 2.90. The molecule has 1 fully saturated rings. The molecule has 2 rings (SSSR count). The van der Waals surface area contributed by atoms with Gasteiger partial charge in [0.25, 0.3) is 5.91 Å². The van der Waals surface area contributed by atoms with E-state index in [1.54, 1.807) is 0 Å². The summed E-state index contributed by atoms with van der Waals surface area (Å²) in [5.41, 5.74) is 0.0657. The Kier molecular flexibility index (Phi) is 3.92. The lowest BCUT2D eigenvalue weighted by atomic mass is 10.00. The Morgan fingerprint density at radius 3 is 2.89 bits per heavy atom. The predicted molar refractivity (Wildman–Crippen MR) is 68.2 cm³/mol. The summed E-state index contributed by atoms with van der Waals surface area (Å²) in [4.78, 5) is 12.7. The molecule has 1 aromatic heterocycles. The molecule has 6 heteroatoms. The van der Waals surface area contributed by atoms with E-state index < -0.39 is 5.54 Å². The molecular weight excluding hydrogens is 248 g/mol. The maximum atomic E-state index is 12.2. The lowest BCUT2D eigenvalue weighted by molar-refractivity contribution is 0.0923. The number of nitriles is 1. The highest BCUT2D eigenvalue weighted by Crippen LogP contribution is 2.29. The number of carbonyl (C=O) groups excluding carboxylic acids is 1. The van der Waals surface area contributed by atoms with Gasteiger partial charge in [-0.2, -0.15) is 5.26 Å². The monoisotopic (exact) mass is 264 g/mol. The smallest absolute Gasteiger partial charge is 0.266 e. The standard InChI is InChI=1S/C12H16N4OS/c1-2-5-9-10(18-16-15-9)11(17)14-12(8-13)6-3-4-7-12/h2-7H2,1H3,(H,14,17). The molecule has 1 aromatic rings. The summed E-state index contributed by atoms with van der Waals surface area (Å²) >= 11 is 1.11. The normalized spacial score (nSPS) is 17.3. The molecule has 1 aliphatic carbocycles. The minimum absolute atomic E-state index is 0.197. The second-order valence-corrected chi connectivity index (χ2v) is 5.41. The molecule has 0 aromatic carbocycles. The third kappa shape index (κ3) is 2.51. The SMILES string of the molecule is CCCc1nnsc1C(=O)NC1(C#N)CCCC1. The highest BCUT2D eigenvalue weighted by Gasteiger charge is 2.36. The zero-order valence-electron chi connectivity index (χ0n) is 10.4. The number of rotatable bonds is 4. The van der Waals surface area contributed by atoms with Crippen LogP contribution in [0.3, 0.4) is 0 Å². The van der Waals surface area contributed by atoms with Gasteiger partial charge in [-0.25, -0.2) is 0 Å². The molecule has 1 saturated carbocycles. The summed E-state index contributed by atoms with van der Waals surface area (Å²) in [6.07, 6.45) is 5.15. The lowest BCUT2D eigenvalue weighted by Crippen LogP contribution is -2.45. The van der Waals surface area contributed by atoms with Crippen LogP contribution in [0.15, 0.2) is 0 Å². The molecule has 1 aliphatic rings. The number of carbonyl (C=O) groups is 1. The van der Waals surface area contributed by atoms with Gasteiger partial charge in [0, 0.05) is 0 Å². The molecule has 1 amide bonds. The molecule has 96 valence electrons. The first-order valence-electron chi connectivity index (χ1n) is 6.26. The molecule has 5 nitrogen and oxygen atoms in total. The van der Waals surface area contributed by atoms with Gasteiger partial charge in [0.05, 0.1) is 11.8 Å². The van der Waals surface area contributed by atoms with E-state index in [1.165, 1.54) is 0 Å². The van der Waals surface area contributed by atoms with Crippen molar-refractivity contribution in [3.8, 4) is 6.07 Å². The number of aryl methyl sites for hydroxylation is 1. The van der Waals surface area contributed by atoms with Crippen molar-refractivity contribution in [3.63, 3.8) is 0 Å². The summed E-state index contributed by atoms with van der Waals surface area (Å²) in [6.45, 7) is 2.04. The maximum Gasteiger partial charge on any atom is 0.266 e. The van der Waals surface area contributed by atoms with Crippen molar-refractivity contribution in [2.75, 3.05) is 0 Å². The number of nitrogens with one attached hydrogen (secondary N) is 1. The quantitative estimate of drug-likeness (QED) is 0.902. The van der Waals surface area contributed by atoms with E-state index in [9.17, 15) is 10.1 Å². The van der Waals surface area contributed by atoms with Crippen LogP contribution in [0, 0.1) is 11.3 Å². The number of hydrogen-bond acceptors (Lipinski definition) is 5. The van der Waals surface area contributed by atoms with Crippen LogP contribution >= 0.6 is 11.5 Å². The van der Waals surface area contributed by atoms with Crippen LogP contribution < -0.4 is 5.32 Å². The van der Waals surface area contributed by atoms with Crippen molar-refractivity contribution < 1.29 is 4.79 Å². The van der Waals surface area contributed by atoms with Crippen LogP contribution in [0.2, 0.25) is 0 Å². The van der Waals surface area contributed by atoms with Gasteiger partial charge < -0.3 is 5.32 Å². The third-order valence-corrected chi connectivity index (χ3v) is 4.04. The van der Waals surface area contributed by atoms with Crippen molar-refractivity contribution in [1.29, 1.82) is 5.26 Å². The van der Waals surface area contributed by atoms with Crippen LogP contribution in [0.4, 0.5) is 0 Å². The minimum Gasteiger partial charge on any atom is -0.333 e. The van der Waals surface area contributed by atoms with E-state index in [1.807, 2.05) is 6.92 Å². The van der Waals surface area contributed by atoms with Crippen molar-refractivity contribution in [3.05, 3.63) is 10.6 Å². The van der Waals surface area contributed by atoms with Gasteiger partial charge in [0.15, 0.2) is 0 Å². The van der Waals surface area contributed by atoms with E-state index in [0.29, 0.717) is 4.88 Å². The predicted octanol–water partition coefficient (Wildman–Crippen LogP) is 2.06. The molecule has 0 bridgehead atoms. The summed E-state index contributed by atoms with van der Waals surface area (Å²) < 4.78 is 3.83. The molecule has 0 aliphatic heterocycles. The third-order valence-electron chi connectivity index (χ3n) is 3.27. The molecule has 1 heterocycles. The largest absolute Gasteiger partial charge is 0.333 e. The molecule has 0 spiro atoms. The van der Waals surface area contributed by atoms with Gasteiger partial charge in [-0.1, -0.05) is 17.8 Å². The van der Waals surface area contributed by atoms with Gasteiger partial charge >= 0.3 is 0 Å². The van der Waals surface area contributed by atoms with Gasteiger partial charge in [-0.05, 0) is 43.6 Å². The van der Waals surface area contributed by atoms with Crippen molar-refractivity contribution in [2.24, 2.45) is 0 Å². The first-order chi connectivity index (χ1) is 8.71. The first-order valence-corrected chi connectivity index (χ1v) is 7.03. The average Bonchev–Trinajstić information content (AvgIpc) is 2.99. The molecule has 0 unspecified atom stereocenters. The summed E-state index contributed by atoms with van der Waals surface area (Å²) in [7, 11) is 0. The molecule has 0 saturated heterocycles. The summed E-state index contributed by atoms with van der Waals surface area (Å²) in [5, 5.41) is 16.1. The number of amides is 1. The Morgan fingerprint density at radius 1 is 1.56 bits per heavy atom. The zero-order valence-corrected chi connectivity index (χ0v) is 11.2. The second-order valence-electron chi connectivity index (χ2n) is 4.65. The Hall–Kier alpha value is -1.48. The van der Waals surface area contributed by atoms with E-state index in [2.05, 4.69) is 21.0 Å². The van der Waals surface area contributed by atoms with E-state index in [0.717, 1.165) is 55.8 Å². The summed E-state index contributed by atoms with van der Waals surface area (Å²) in [5.74, 6) is -0.197. The zero-order chi connectivity index (χ0) is 13.0. The van der Waals surface area contributed by atoms with Crippen LogP contribution in [0.5, 0.6) is 0 Å². The second kappa shape index (κ2) is 5.44. The van der Waals surface area contributed by atoms with E-state index in [4.69, 9.17) is 0 Å². The van der Waals surface area contributed by atoms with Crippen LogP contribution in [0.1, 0.15) is 54.4 Å². The Balaban J connectivity index is 2.12. The van der Waals surface area contributed by atoms with Crippen LogP contribution in [-0.2, 0) is 6.42 Å². The molecule has 0 atom stereocenters. The van der Waals surface area contributed by atoms with Crippen molar-refractivity contribution in [1.82, 2.24) is 14.9 Å². The van der Waals surface area contributed by atoms with Crippen LogP contribution in [0.25, 0.3) is 0 Å². The number of hydrogen-bond donors (Lipinski definition) is 1. The van der Waals surface area contributed by atoms with Crippen molar-refractivity contribution >= 4 is 17.4 Å². The van der Waals surface area contributed by atoms with Gasteiger partial charge in [-0.15, -0.1) is 5.10 Å². The Labute approximate surface area is 110 Å². The van der Waals surface area contributed by atoms with Crippen LogP contribution in [-0.4, -0.2) is 21.0 Å². The van der Waals surface area contributed by atoms with Gasteiger partial charge in [0.2, 0.25) is 0 Å². The highest BCUT2D eigenvalue weighted by molar-refractivity contribution is 7.08. The van der Waals surface area contributed by atoms with E-state index >= 15 is 0 Å². The lowest BCUT2D eigenvalue weighted by Gasteiger charge is -2.21. The average molecular weight is 264 g/mol. The number of nitrogens with zero attached hydrogens (tertiary/aromatic N) is 3. The Bertz CT molecular complexity index is 471. The first kappa shape index (κ1) is 13.0. The maximum absolute atomic E-state index is 12.2. The van der Waals surface area contributed by atoms with Crippen molar-refractivity contribution in [2.45, 2.75) is 51.0 Å². The topological polar surface area (TPSA) is 78.7 Å². The van der Waals surface area contributed by atoms with Gasteiger partial charge in [-0.3, -0.25) is 4.79 Å². The Morgan fingerprint density at radius 2 is 2.28 bits per heavy atom. The number of aromatic nitrogens is 2. The fourth-order valence-electron chi connectivity index (χ4n) is 2.30. The van der Waals surface area contributed by atoms with E-state index in [-0.39, 0.29) is 5.91 Å². The summed E-state index contributed by atoms with van der Waals surface area (Å²) in [6, 6.07) is 2.25. The highest BCUT2D eigenvalue weighted by atomic mass is 32.1. The minimum atomic E-state index is -0.676. The molecule has 0 radical (unpaired) electrons. The molecular formula is C12H16N4OS. The molecule has 1 N–H and O–H groups in total. The van der Waals surface area contributed by atoms with Gasteiger partial charge in [0.1, 0.15) is 10.4 Å². The molecule has 18 heavy (non-hydrogen) atoms. The fraction of sp³-hybridized carbons (Fsp3) is 0.667.